The van der Waals surface area contributed by atoms with Crippen molar-refractivity contribution in [1.29, 1.82) is 0 Å². The number of hydrogen-bond donors (Lipinski definition) is 1. The highest BCUT2D eigenvalue weighted by molar-refractivity contribution is 5.66. The second kappa shape index (κ2) is 23.4. The summed E-state index contributed by atoms with van der Waals surface area (Å²) in [6, 6.07) is 0. The molecule has 0 fully saturated rings. The number of aliphatic carboxylic acids is 1. The Morgan fingerprint density at radius 1 is 0.552 bits per heavy atom. The maximum absolute atomic E-state index is 10.3. The summed E-state index contributed by atoms with van der Waals surface area (Å²) in [7, 11) is 4.02. The number of carboxylic acid groups (broad SMARTS) is 1. The first-order chi connectivity index (χ1) is 14.1. The second-order valence-electron chi connectivity index (χ2n) is 6.23. The van der Waals surface area contributed by atoms with Crippen molar-refractivity contribution in [3.05, 3.63) is 0 Å². The quantitative estimate of drug-likeness (QED) is 0.215. The zero-order valence-corrected chi connectivity index (χ0v) is 18.0. The van der Waals surface area contributed by atoms with Crippen molar-refractivity contribution in [3.63, 3.8) is 0 Å². The Bertz CT molecular complexity index is 346. The van der Waals surface area contributed by atoms with Crippen molar-refractivity contribution < 1.29 is 43.1 Å². The Hall–Kier alpha value is -0.850. The van der Waals surface area contributed by atoms with Gasteiger partial charge in [-0.2, -0.15) is 0 Å². The minimum atomic E-state index is -0.866. The van der Waals surface area contributed by atoms with Crippen molar-refractivity contribution in [3.8, 4) is 0 Å². The third-order valence-electron chi connectivity index (χ3n) is 3.38. The molecule has 0 saturated heterocycles. The van der Waals surface area contributed by atoms with Gasteiger partial charge >= 0.3 is 5.97 Å². The lowest BCUT2D eigenvalue weighted by molar-refractivity contribution is -0.138. The van der Waals surface area contributed by atoms with E-state index < -0.39 is 5.97 Å². The Kier molecular flexibility index (Phi) is 22.7. The van der Waals surface area contributed by atoms with Crippen molar-refractivity contribution in [2.75, 3.05) is 113 Å². The molecule has 0 aliphatic rings. The van der Waals surface area contributed by atoms with E-state index in [4.69, 9.17) is 38.3 Å². The lowest BCUT2D eigenvalue weighted by atomic mass is 10.5. The van der Waals surface area contributed by atoms with Gasteiger partial charge in [-0.25, -0.2) is 0 Å². The maximum Gasteiger partial charge on any atom is 0.305 e. The Balaban J connectivity index is 3.01. The van der Waals surface area contributed by atoms with Crippen molar-refractivity contribution in [2.24, 2.45) is 0 Å². The van der Waals surface area contributed by atoms with Crippen LogP contribution in [0.4, 0.5) is 0 Å². The van der Waals surface area contributed by atoms with E-state index in [1.54, 1.807) is 0 Å². The van der Waals surface area contributed by atoms with Crippen molar-refractivity contribution >= 4 is 5.97 Å². The summed E-state index contributed by atoms with van der Waals surface area (Å²) in [6.07, 6.45) is 0.00880. The first-order valence-electron chi connectivity index (χ1n) is 10.0. The highest BCUT2D eigenvalue weighted by Crippen LogP contribution is 1.86. The summed E-state index contributed by atoms with van der Waals surface area (Å²) in [5, 5.41) is 8.44. The first-order valence-corrected chi connectivity index (χ1v) is 10.0. The zero-order valence-electron chi connectivity index (χ0n) is 18.0. The fourth-order valence-corrected chi connectivity index (χ4v) is 1.83. The summed E-state index contributed by atoms with van der Waals surface area (Å²) < 4.78 is 37.4. The fourth-order valence-electron chi connectivity index (χ4n) is 1.83. The molecule has 29 heavy (non-hydrogen) atoms. The minimum absolute atomic E-state index is 0.00880. The maximum atomic E-state index is 10.3. The van der Waals surface area contributed by atoms with Gasteiger partial charge in [0.05, 0.1) is 98.9 Å². The van der Waals surface area contributed by atoms with Crippen molar-refractivity contribution in [2.45, 2.75) is 6.42 Å². The number of hydrogen-bond acceptors (Lipinski definition) is 9. The van der Waals surface area contributed by atoms with Crippen molar-refractivity contribution in [1.82, 2.24) is 4.90 Å². The monoisotopic (exact) mass is 425 g/mol. The third-order valence-corrected chi connectivity index (χ3v) is 3.38. The molecule has 0 aromatic heterocycles. The molecule has 0 unspecified atom stereocenters. The van der Waals surface area contributed by atoms with Crippen LogP contribution in [0.5, 0.6) is 0 Å². The van der Waals surface area contributed by atoms with E-state index in [0.29, 0.717) is 85.9 Å². The Morgan fingerprint density at radius 3 is 1.10 bits per heavy atom. The van der Waals surface area contributed by atoms with Gasteiger partial charge in [0, 0.05) is 6.54 Å². The van der Waals surface area contributed by atoms with E-state index in [1.165, 1.54) is 0 Å². The predicted molar refractivity (Wildman–Crippen MR) is 107 cm³/mol. The molecule has 0 aromatic carbocycles. The van der Waals surface area contributed by atoms with Crippen LogP contribution in [0.3, 0.4) is 0 Å². The molecule has 0 amide bonds. The van der Waals surface area contributed by atoms with Gasteiger partial charge in [-0.1, -0.05) is 0 Å². The van der Waals surface area contributed by atoms with Crippen LogP contribution in [0.2, 0.25) is 0 Å². The van der Waals surface area contributed by atoms with Crippen LogP contribution in [0.1, 0.15) is 6.42 Å². The number of carbonyl (C=O) groups is 1. The molecule has 0 heterocycles. The topological polar surface area (TPSA) is 105 Å². The smallest absolute Gasteiger partial charge is 0.305 e. The van der Waals surface area contributed by atoms with E-state index in [0.717, 1.165) is 6.54 Å². The summed E-state index contributed by atoms with van der Waals surface area (Å²) >= 11 is 0. The summed E-state index contributed by atoms with van der Waals surface area (Å²) in [5.74, 6) is -0.866. The van der Waals surface area contributed by atoms with Crippen LogP contribution in [-0.4, -0.2) is 129 Å². The van der Waals surface area contributed by atoms with Gasteiger partial charge < -0.3 is 43.2 Å². The molecule has 0 spiro atoms. The largest absolute Gasteiger partial charge is 0.481 e. The van der Waals surface area contributed by atoms with Gasteiger partial charge in [0.25, 0.3) is 0 Å². The van der Waals surface area contributed by atoms with Gasteiger partial charge in [-0.05, 0) is 14.1 Å². The fraction of sp³-hybridized carbons (Fsp3) is 0.947. The van der Waals surface area contributed by atoms with Crippen LogP contribution in [-0.2, 0) is 38.0 Å². The van der Waals surface area contributed by atoms with Gasteiger partial charge in [0.1, 0.15) is 0 Å². The molecule has 10 nitrogen and oxygen atoms in total. The lowest BCUT2D eigenvalue weighted by Crippen LogP contribution is -2.19. The van der Waals surface area contributed by atoms with E-state index >= 15 is 0 Å². The number of likely N-dealkylation sites (N-methyl/N-ethyl adjacent to an activating group) is 1. The first kappa shape index (κ1) is 28.1. The summed E-state index contributed by atoms with van der Waals surface area (Å²) in [5.41, 5.74) is 0. The molecule has 174 valence electrons. The molecule has 0 bridgehead atoms. The highest BCUT2D eigenvalue weighted by atomic mass is 16.6. The molecule has 0 rings (SSSR count). The van der Waals surface area contributed by atoms with Gasteiger partial charge in [0.15, 0.2) is 0 Å². The molecular formula is C19H39NO9. The third kappa shape index (κ3) is 27.1. The predicted octanol–water partition coefficient (Wildman–Crippen LogP) is 0.139. The van der Waals surface area contributed by atoms with E-state index in [1.807, 2.05) is 14.1 Å². The zero-order chi connectivity index (χ0) is 21.4. The molecule has 0 aromatic rings. The molecule has 1 N–H and O–H groups in total. The van der Waals surface area contributed by atoms with Crippen LogP contribution in [0, 0.1) is 0 Å². The van der Waals surface area contributed by atoms with E-state index in [9.17, 15) is 4.79 Å². The minimum Gasteiger partial charge on any atom is -0.481 e. The second-order valence-corrected chi connectivity index (χ2v) is 6.23. The average Bonchev–Trinajstić information content (AvgIpc) is 2.68. The van der Waals surface area contributed by atoms with Gasteiger partial charge in [-0.15, -0.1) is 0 Å². The number of ether oxygens (including phenoxy) is 7. The van der Waals surface area contributed by atoms with Crippen LogP contribution >= 0.6 is 0 Å². The van der Waals surface area contributed by atoms with Crippen LogP contribution < -0.4 is 0 Å². The average molecular weight is 426 g/mol. The van der Waals surface area contributed by atoms with Crippen LogP contribution in [0.25, 0.3) is 0 Å². The van der Waals surface area contributed by atoms with Gasteiger partial charge in [-0.3, -0.25) is 4.79 Å². The summed E-state index contributed by atoms with van der Waals surface area (Å²) in [6.45, 7) is 7.87. The highest BCUT2D eigenvalue weighted by Gasteiger charge is 1.97. The Morgan fingerprint density at radius 2 is 0.828 bits per heavy atom. The number of carboxylic acids is 1. The SMILES string of the molecule is CN(C)CCOCCOCCOCCOCCOCCOCCOCCC(=O)O. The lowest BCUT2D eigenvalue weighted by Gasteiger charge is -2.10. The summed E-state index contributed by atoms with van der Waals surface area (Å²) in [4.78, 5) is 12.3. The number of rotatable bonds is 24. The molecule has 0 radical (unpaired) electrons. The van der Waals surface area contributed by atoms with Gasteiger partial charge in [0.2, 0.25) is 0 Å². The standard InChI is InChI=1S/C19H39NO9/c1-20(2)4-6-24-8-10-26-12-14-28-16-18-29-17-15-27-13-11-25-9-7-23-5-3-19(21)22/h3-18H2,1-2H3,(H,21,22). The van der Waals surface area contributed by atoms with Crippen LogP contribution in [0.15, 0.2) is 0 Å². The Labute approximate surface area is 174 Å². The molecule has 0 saturated carbocycles. The molecule has 0 atom stereocenters. The molecular weight excluding hydrogens is 386 g/mol. The molecule has 0 aliphatic carbocycles. The molecule has 10 heteroatoms. The van der Waals surface area contributed by atoms with E-state index in [2.05, 4.69) is 4.90 Å². The van der Waals surface area contributed by atoms with E-state index in [-0.39, 0.29) is 13.0 Å². The normalized spacial score (nSPS) is 11.4. The molecule has 0 aliphatic heterocycles. The number of nitrogens with zero attached hydrogens (tertiary/aromatic N) is 1.